The van der Waals surface area contributed by atoms with Crippen molar-refractivity contribution in [2.75, 3.05) is 6.61 Å². The van der Waals surface area contributed by atoms with E-state index < -0.39 is 49.0 Å². The highest BCUT2D eigenvalue weighted by Crippen LogP contribution is 2.46. The summed E-state index contributed by atoms with van der Waals surface area (Å²) < 4.78 is 54.3. The van der Waals surface area contributed by atoms with Crippen LogP contribution >= 0.6 is 0 Å². The Hall–Kier alpha value is -2.82. The van der Waals surface area contributed by atoms with E-state index in [0.29, 0.717) is 0 Å². The number of ether oxygens (including phenoxy) is 2. The molecule has 0 radical (unpaired) electrons. The van der Waals surface area contributed by atoms with E-state index in [1.54, 1.807) is 40.7 Å². The second-order valence-electron chi connectivity index (χ2n) is 12.1. The molecule has 2 N–H and O–H groups in total. The molecule has 2 aromatic carbocycles. The maximum Gasteiger partial charge on any atom is 0.413 e. The smallest absolute Gasteiger partial charge is 0.413 e. The first kappa shape index (κ1) is 31.7. The molecule has 2 aromatic rings. The SMILES string of the molecule is CC(C)C(O)C[C@@H]1[C@@](COCc2ccccc2)(c2ccccc2F)N=C(NC(=O)OC(C)(C)C)C(C)(C)S1(=O)=O. The standard InChI is InChI=1S/C30H41FN2O6S/c1-20(2)24(34)17-25-30(22-15-11-12-16-23(22)31,19-38-18-21-13-9-8-10-14-21)33-26(29(6,7)40(25,36)37)32-27(35)39-28(3,4)5/h8-16,20,24-25,34H,17-19H2,1-7H3,(H,32,33,35)/t24?,25-,30-/m1/s1. The van der Waals surface area contributed by atoms with Gasteiger partial charge in [-0.25, -0.2) is 17.6 Å². The van der Waals surface area contributed by atoms with Crippen molar-refractivity contribution in [2.24, 2.45) is 10.9 Å². The van der Waals surface area contributed by atoms with Gasteiger partial charge in [-0.1, -0.05) is 62.4 Å². The summed E-state index contributed by atoms with van der Waals surface area (Å²) in [6, 6.07) is 15.1. The van der Waals surface area contributed by atoms with Crippen LogP contribution in [0.15, 0.2) is 59.6 Å². The average molecular weight is 577 g/mol. The molecule has 0 saturated heterocycles. The Bertz CT molecular complexity index is 1320. The number of amides is 1. The largest absolute Gasteiger partial charge is 0.444 e. The average Bonchev–Trinajstić information content (AvgIpc) is 2.85. The van der Waals surface area contributed by atoms with Gasteiger partial charge < -0.3 is 14.6 Å². The Kier molecular flexibility index (Phi) is 9.48. The van der Waals surface area contributed by atoms with Crippen molar-refractivity contribution in [3.05, 3.63) is 71.5 Å². The van der Waals surface area contributed by atoms with Gasteiger partial charge >= 0.3 is 6.09 Å². The Morgan fingerprint density at radius 3 is 2.27 bits per heavy atom. The summed E-state index contributed by atoms with van der Waals surface area (Å²) in [6.07, 6.45) is -2.12. The van der Waals surface area contributed by atoms with Crippen LogP contribution in [0.25, 0.3) is 0 Å². The van der Waals surface area contributed by atoms with E-state index in [2.05, 4.69) is 5.32 Å². The van der Waals surface area contributed by atoms with E-state index in [-0.39, 0.29) is 37.0 Å². The van der Waals surface area contributed by atoms with E-state index in [0.717, 1.165) is 5.56 Å². The fourth-order valence-electron chi connectivity index (χ4n) is 4.69. The molecular formula is C30H41FN2O6S. The number of aliphatic hydroxyl groups is 1. The Balaban J connectivity index is 2.25. The summed E-state index contributed by atoms with van der Waals surface area (Å²) in [5.74, 6) is -1.14. The van der Waals surface area contributed by atoms with Crippen molar-refractivity contribution >= 4 is 21.8 Å². The molecule has 1 heterocycles. The second kappa shape index (κ2) is 12.0. The quantitative estimate of drug-likeness (QED) is 0.450. The molecule has 1 aliphatic rings. The number of rotatable bonds is 8. The van der Waals surface area contributed by atoms with Gasteiger partial charge in [0.25, 0.3) is 0 Å². The number of amidine groups is 1. The highest BCUT2D eigenvalue weighted by atomic mass is 32.2. The number of nitrogens with zero attached hydrogens (tertiary/aromatic N) is 1. The molecule has 220 valence electrons. The van der Waals surface area contributed by atoms with Crippen molar-refractivity contribution in [3.63, 3.8) is 0 Å². The summed E-state index contributed by atoms with van der Waals surface area (Å²) in [5.41, 5.74) is -1.85. The molecule has 0 fully saturated rings. The maximum absolute atomic E-state index is 15.6. The second-order valence-corrected chi connectivity index (χ2v) is 14.7. The molecule has 1 amide bonds. The highest BCUT2D eigenvalue weighted by Gasteiger charge is 2.60. The summed E-state index contributed by atoms with van der Waals surface area (Å²) in [6.45, 7) is 11.3. The zero-order valence-electron chi connectivity index (χ0n) is 24.3. The van der Waals surface area contributed by atoms with Crippen molar-refractivity contribution in [2.45, 2.75) is 88.7 Å². The van der Waals surface area contributed by atoms with Crippen LogP contribution in [0.4, 0.5) is 9.18 Å². The zero-order chi connectivity index (χ0) is 29.9. The highest BCUT2D eigenvalue weighted by molar-refractivity contribution is 7.94. The summed E-state index contributed by atoms with van der Waals surface area (Å²) in [7, 11) is -4.24. The number of halogens is 1. The van der Waals surface area contributed by atoms with Crippen LogP contribution in [0.2, 0.25) is 0 Å². The van der Waals surface area contributed by atoms with Gasteiger partial charge in [0.15, 0.2) is 9.84 Å². The van der Waals surface area contributed by atoms with Gasteiger partial charge in [-0.05, 0) is 58.6 Å². The van der Waals surface area contributed by atoms with Crippen LogP contribution in [-0.4, -0.2) is 53.8 Å². The van der Waals surface area contributed by atoms with E-state index in [4.69, 9.17) is 14.5 Å². The lowest BCUT2D eigenvalue weighted by atomic mass is 9.82. The van der Waals surface area contributed by atoms with E-state index in [1.807, 2.05) is 30.3 Å². The first-order chi connectivity index (χ1) is 18.5. The minimum absolute atomic E-state index is 0.00779. The fraction of sp³-hybridized carbons (Fsp3) is 0.533. The predicted molar refractivity (Wildman–Crippen MR) is 153 cm³/mol. The lowest BCUT2D eigenvalue weighted by molar-refractivity contribution is 0.0504. The van der Waals surface area contributed by atoms with Crippen molar-refractivity contribution < 1.29 is 32.2 Å². The topological polar surface area (TPSA) is 114 Å². The Morgan fingerprint density at radius 2 is 1.70 bits per heavy atom. The van der Waals surface area contributed by atoms with Crippen molar-refractivity contribution in [1.82, 2.24) is 5.32 Å². The first-order valence-corrected chi connectivity index (χ1v) is 14.9. The minimum Gasteiger partial charge on any atom is -0.444 e. The van der Waals surface area contributed by atoms with Crippen LogP contribution in [0.5, 0.6) is 0 Å². The number of nitrogens with one attached hydrogen (secondary N) is 1. The maximum atomic E-state index is 15.6. The van der Waals surface area contributed by atoms with Gasteiger partial charge in [-0.2, -0.15) is 0 Å². The van der Waals surface area contributed by atoms with Crippen LogP contribution in [0.1, 0.15) is 66.0 Å². The molecule has 0 aliphatic carbocycles. The van der Waals surface area contributed by atoms with Gasteiger partial charge in [0, 0.05) is 5.56 Å². The normalized spacial score (nSPS) is 22.9. The molecular weight excluding hydrogens is 535 g/mol. The van der Waals surface area contributed by atoms with Gasteiger partial charge in [0.2, 0.25) is 0 Å². The number of sulfone groups is 1. The molecule has 1 unspecified atom stereocenters. The van der Waals surface area contributed by atoms with Gasteiger partial charge in [0.05, 0.1) is 24.6 Å². The summed E-state index contributed by atoms with van der Waals surface area (Å²) in [5, 5.41) is 12.1. The molecule has 1 aliphatic heterocycles. The van der Waals surface area contributed by atoms with Crippen molar-refractivity contribution in [1.29, 1.82) is 0 Å². The number of carbonyl (C=O) groups is 1. The summed E-state index contributed by atoms with van der Waals surface area (Å²) >= 11 is 0. The number of benzene rings is 2. The third-order valence-electron chi connectivity index (χ3n) is 7.12. The molecule has 40 heavy (non-hydrogen) atoms. The lowest BCUT2D eigenvalue weighted by Gasteiger charge is -2.47. The van der Waals surface area contributed by atoms with E-state index in [1.165, 1.54) is 32.0 Å². The molecule has 8 nitrogen and oxygen atoms in total. The number of hydrogen-bond donors (Lipinski definition) is 2. The minimum atomic E-state index is -4.24. The van der Waals surface area contributed by atoms with Crippen LogP contribution in [0.3, 0.4) is 0 Å². The van der Waals surface area contributed by atoms with Crippen molar-refractivity contribution in [3.8, 4) is 0 Å². The number of carbonyl (C=O) groups excluding carboxylic acids is 1. The fourth-order valence-corrected chi connectivity index (χ4v) is 6.98. The third-order valence-corrected chi connectivity index (χ3v) is 10.1. The van der Waals surface area contributed by atoms with Crippen LogP contribution < -0.4 is 5.32 Å². The molecule has 3 rings (SSSR count). The predicted octanol–water partition coefficient (Wildman–Crippen LogP) is 5.14. The molecule has 0 aromatic heterocycles. The number of aliphatic hydroxyl groups excluding tert-OH is 1. The molecule has 0 bridgehead atoms. The molecule has 10 heteroatoms. The summed E-state index contributed by atoms with van der Waals surface area (Å²) in [4.78, 5) is 17.7. The number of alkyl carbamates (subject to hydrolysis) is 1. The lowest BCUT2D eigenvalue weighted by Crippen LogP contribution is -2.64. The number of aliphatic imine (C=N–C) groups is 1. The van der Waals surface area contributed by atoms with Gasteiger partial charge in [0.1, 0.15) is 27.5 Å². The molecule has 0 saturated carbocycles. The van der Waals surface area contributed by atoms with Crippen LogP contribution in [0, 0.1) is 11.7 Å². The monoisotopic (exact) mass is 576 g/mol. The first-order valence-electron chi connectivity index (χ1n) is 13.4. The third kappa shape index (κ3) is 6.72. The van der Waals surface area contributed by atoms with Crippen LogP contribution in [-0.2, 0) is 31.5 Å². The van der Waals surface area contributed by atoms with E-state index >= 15 is 4.39 Å². The van der Waals surface area contributed by atoms with E-state index in [9.17, 15) is 18.3 Å². The number of hydrogen-bond acceptors (Lipinski definition) is 7. The Morgan fingerprint density at radius 1 is 1.10 bits per heavy atom. The van der Waals surface area contributed by atoms with Gasteiger partial charge in [-0.15, -0.1) is 0 Å². The Labute approximate surface area is 236 Å². The molecule has 0 spiro atoms. The van der Waals surface area contributed by atoms with Gasteiger partial charge in [-0.3, -0.25) is 10.3 Å². The molecule has 3 atom stereocenters. The zero-order valence-corrected chi connectivity index (χ0v) is 25.1.